The molecular formula is C20H21N3O4S. The van der Waals surface area contributed by atoms with E-state index >= 15 is 0 Å². The van der Waals surface area contributed by atoms with Gasteiger partial charge in [-0.05, 0) is 36.6 Å². The molecule has 0 spiro atoms. The van der Waals surface area contributed by atoms with E-state index in [0.29, 0.717) is 23.5 Å². The fourth-order valence-electron chi connectivity index (χ4n) is 2.89. The van der Waals surface area contributed by atoms with Crippen LogP contribution in [0.25, 0.3) is 10.2 Å². The van der Waals surface area contributed by atoms with Gasteiger partial charge in [0.2, 0.25) is 0 Å². The lowest BCUT2D eigenvalue weighted by atomic mass is 10.0. The molecule has 0 bridgehead atoms. The maximum absolute atomic E-state index is 12.5. The first-order valence-corrected chi connectivity index (χ1v) is 9.61. The van der Waals surface area contributed by atoms with E-state index < -0.39 is 4.92 Å². The second-order valence-electron chi connectivity index (χ2n) is 6.54. The molecule has 1 aromatic heterocycles. The number of ether oxygens (including phenoxy) is 1. The normalized spacial score (nSPS) is 11.9. The molecule has 146 valence electrons. The Bertz CT molecular complexity index is 1110. The number of benzene rings is 2. The fraction of sp³-hybridized carbons (Fsp3) is 0.300. The van der Waals surface area contributed by atoms with Crippen molar-refractivity contribution in [1.82, 2.24) is 4.57 Å². The molecule has 8 heteroatoms. The zero-order valence-electron chi connectivity index (χ0n) is 16.0. The van der Waals surface area contributed by atoms with Crippen LogP contribution in [0.2, 0.25) is 0 Å². The van der Waals surface area contributed by atoms with Crippen LogP contribution >= 0.6 is 11.3 Å². The van der Waals surface area contributed by atoms with E-state index in [1.807, 2.05) is 32.0 Å². The van der Waals surface area contributed by atoms with Gasteiger partial charge in [0.15, 0.2) is 4.80 Å². The molecule has 3 aromatic rings. The Morgan fingerprint density at radius 2 is 2.00 bits per heavy atom. The summed E-state index contributed by atoms with van der Waals surface area (Å²) in [5, 5.41) is 11.1. The number of aryl methyl sites for hydroxylation is 2. The largest absolute Gasteiger partial charge is 0.383 e. The van der Waals surface area contributed by atoms with E-state index in [4.69, 9.17) is 4.74 Å². The molecule has 0 aliphatic carbocycles. The summed E-state index contributed by atoms with van der Waals surface area (Å²) in [6.07, 6.45) is 0.208. The number of methoxy groups -OCH3 is 1. The molecule has 0 radical (unpaired) electrons. The average Bonchev–Trinajstić information content (AvgIpc) is 2.99. The number of hydrogen-bond acceptors (Lipinski definition) is 5. The van der Waals surface area contributed by atoms with Crippen LogP contribution in [-0.2, 0) is 22.5 Å². The third-order valence-electron chi connectivity index (χ3n) is 4.54. The van der Waals surface area contributed by atoms with Crippen LogP contribution in [0.5, 0.6) is 0 Å². The molecule has 7 nitrogen and oxygen atoms in total. The SMILES string of the molecule is COCCn1c(=NC(=O)Cc2ccc(C)c(C)c2)sc2ccc([N+](=O)[O-])cc21. The maximum atomic E-state index is 12.5. The highest BCUT2D eigenvalue weighted by molar-refractivity contribution is 7.16. The molecule has 0 atom stereocenters. The summed E-state index contributed by atoms with van der Waals surface area (Å²) in [6.45, 7) is 4.90. The Balaban J connectivity index is 2.00. The van der Waals surface area contributed by atoms with Crippen LogP contribution in [0.3, 0.4) is 0 Å². The molecule has 1 amide bonds. The summed E-state index contributed by atoms with van der Waals surface area (Å²) >= 11 is 1.34. The van der Waals surface area contributed by atoms with Crippen molar-refractivity contribution in [2.75, 3.05) is 13.7 Å². The van der Waals surface area contributed by atoms with E-state index in [9.17, 15) is 14.9 Å². The molecule has 0 unspecified atom stereocenters. The monoisotopic (exact) mass is 399 g/mol. The number of amides is 1. The van der Waals surface area contributed by atoms with Crippen molar-refractivity contribution in [2.45, 2.75) is 26.8 Å². The average molecular weight is 399 g/mol. The second kappa shape index (κ2) is 8.45. The highest BCUT2D eigenvalue weighted by Gasteiger charge is 2.13. The summed E-state index contributed by atoms with van der Waals surface area (Å²) in [6, 6.07) is 10.6. The van der Waals surface area contributed by atoms with Crippen LogP contribution in [0, 0.1) is 24.0 Å². The van der Waals surface area contributed by atoms with Gasteiger partial charge in [0.05, 0.1) is 28.2 Å². The Morgan fingerprint density at radius 1 is 1.21 bits per heavy atom. The number of nitro benzene ring substituents is 1. The quantitative estimate of drug-likeness (QED) is 0.469. The van der Waals surface area contributed by atoms with Crippen molar-refractivity contribution >= 4 is 33.1 Å². The molecule has 1 heterocycles. The standard InChI is InChI=1S/C20H21N3O4S/c1-13-4-5-15(10-14(13)2)11-19(24)21-20-22(8-9-27-3)17-12-16(23(25)26)6-7-18(17)28-20/h4-7,10,12H,8-9,11H2,1-3H3. The molecule has 0 aliphatic heterocycles. The van der Waals surface area contributed by atoms with Crippen LogP contribution < -0.4 is 4.80 Å². The van der Waals surface area contributed by atoms with E-state index in [1.165, 1.54) is 29.0 Å². The Hall–Kier alpha value is -2.84. The van der Waals surface area contributed by atoms with Gasteiger partial charge in [-0.15, -0.1) is 0 Å². The molecule has 3 rings (SSSR count). The number of aromatic nitrogens is 1. The predicted octanol–water partition coefficient (Wildman–Crippen LogP) is 3.54. The predicted molar refractivity (Wildman–Crippen MR) is 109 cm³/mol. The van der Waals surface area contributed by atoms with Gasteiger partial charge in [0.1, 0.15) is 0 Å². The first-order valence-electron chi connectivity index (χ1n) is 8.79. The van der Waals surface area contributed by atoms with Gasteiger partial charge in [-0.2, -0.15) is 4.99 Å². The molecular weight excluding hydrogens is 378 g/mol. The van der Waals surface area contributed by atoms with Gasteiger partial charge in [0, 0.05) is 25.8 Å². The fourth-order valence-corrected chi connectivity index (χ4v) is 3.94. The summed E-state index contributed by atoms with van der Waals surface area (Å²) < 4.78 is 7.78. The van der Waals surface area contributed by atoms with Gasteiger partial charge in [-0.3, -0.25) is 14.9 Å². The minimum absolute atomic E-state index is 0.00414. The van der Waals surface area contributed by atoms with Gasteiger partial charge >= 0.3 is 0 Å². The number of fused-ring (bicyclic) bond motifs is 1. The lowest BCUT2D eigenvalue weighted by molar-refractivity contribution is -0.384. The van der Waals surface area contributed by atoms with Crippen molar-refractivity contribution in [3.63, 3.8) is 0 Å². The zero-order valence-corrected chi connectivity index (χ0v) is 16.8. The van der Waals surface area contributed by atoms with Crippen molar-refractivity contribution in [3.05, 3.63) is 68.0 Å². The number of nitro groups is 1. The summed E-state index contributed by atoms with van der Waals surface area (Å²) in [5.41, 5.74) is 3.90. The Kier molecular flexibility index (Phi) is 6.01. The Morgan fingerprint density at radius 3 is 2.68 bits per heavy atom. The number of rotatable bonds is 6. The van der Waals surface area contributed by atoms with Crippen LogP contribution in [0.15, 0.2) is 41.4 Å². The van der Waals surface area contributed by atoms with Crippen molar-refractivity contribution in [3.8, 4) is 0 Å². The molecule has 0 saturated heterocycles. The van der Waals surface area contributed by atoms with Crippen molar-refractivity contribution < 1.29 is 14.5 Å². The molecule has 0 N–H and O–H groups in total. The van der Waals surface area contributed by atoms with Gasteiger partial charge < -0.3 is 9.30 Å². The van der Waals surface area contributed by atoms with Crippen molar-refractivity contribution in [1.29, 1.82) is 0 Å². The number of nitrogens with zero attached hydrogens (tertiary/aromatic N) is 3. The third kappa shape index (κ3) is 4.35. The lowest BCUT2D eigenvalue weighted by Gasteiger charge is -2.05. The smallest absolute Gasteiger partial charge is 0.271 e. The maximum Gasteiger partial charge on any atom is 0.271 e. The minimum Gasteiger partial charge on any atom is -0.383 e. The van der Waals surface area contributed by atoms with E-state index in [0.717, 1.165) is 15.8 Å². The number of carbonyl (C=O) groups is 1. The number of non-ortho nitro benzene ring substituents is 1. The molecule has 28 heavy (non-hydrogen) atoms. The van der Waals surface area contributed by atoms with Crippen LogP contribution in [0.1, 0.15) is 16.7 Å². The van der Waals surface area contributed by atoms with E-state index in [1.54, 1.807) is 17.7 Å². The third-order valence-corrected chi connectivity index (χ3v) is 5.60. The summed E-state index contributed by atoms with van der Waals surface area (Å²) in [7, 11) is 1.58. The number of thiazole rings is 1. The number of carbonyl (C=O) groups excluding carboxylic acids is 1. The minimum atomic E-state index is -0.431. The van der Waals surface area contributed by atoms with Gasteiger partial charge in [0.25, 0.3) is 11.6 Å². The lowest BCUT2D eigenvalue weighted by Crippen LogP contribution is -2.19. The Labute approximate surface area is 166 Å². The van der Waals surface area contributed by atoms with Crippen LogP contribution in [-0.4, -0.2) is 29.1 Å². The second-order valence-corrected chi connectivity index (χ2v) is 7.55. The molecule has 0 saturated carbocycles. The first-order chi connectivity index (χ1) is 13.4. The topological polar surface area (TPSA) is 86.7 Å². The van der Waals surface area contributed by atoms with Gasteiger partial charge in [-0.1, -0.05) is 29.5 Å². The van der Waals surface area contributed by atoms with E-state index in [-0.39, 0.29) is 18.0 Å². The highest BCUT2D eigenvalue weighted by atomic mass is 32.1. The first kappa shape index (κ1) is 19.9. The van der Waals surface area contributed by atoms with E-state index in [2.05, 4.69) is 4.99 Å². The number of hydrogen-bond donors (Lipinski definition) is 0. The molecule has 0 fully saturated rings. The van der Waals surface area contributed by atoms with Crippen LogP contribution in [0.4, 0.5) is 5.69 Å². The summed E-state index contributed by atoms with van der Waals surface area (Å²) in [4.78, 5) is 28.0. The van der Waals surface area contributed by atoms with Crippen molar-refractivity contribution in [2.24, 2.45) is 4.99 Å². The molecule has 0 aliphatic rings. The highest BCUT2D eigenvalue weighted by Crippen LogP contribution is 2.23. The summed E-state index contributed by atoms with van der Waals surface area (Å²) in [5.74, 6) is -0.254. The van der Waals surface area contributed by atoms with Gasteiger partial charge in [-0.25, -0.2) is 0 Å². The zero-order chi connectivity index (χ0) is 20.3. The molecule has 2 aromatic carbocycles.